The van der Waals surface area contributed by atoms with Crippen molar-refractivity contribution < 1.29 is 19.1 Å². The van der Waals surface area contributed by atoms with Crippen LogP contribution >= 0.6 is 11.8 Å². The summed E-state index contributed by atoms with van der Waals surface area (Å²) in [5, 5.41) is 2.81. The van der Waals surface area contributed by atoms with Crippen LogP contribution in [-0.2, 0) is 19.1 Å². The van der Waals surface area contributed by atoms with E-state index in [0.717, 1.165) is 23.4 Å². The second kappa shape index (κ2) is 7.47. The van der Waals surface area contributed by atoms with Crippen LogP contribution in [0.15, 0.2) is 29.2 Å². The van der Waals surface area contributed by atoms with Gasteiger partial charge in [0.1, 0.15) is 0 Å². The molecule has 1 heterocycles. The Morgan fingerprint density at radius 2 is 2.12 bits per heavy atom. The Balaban J connectivity index is 1.59. The molecule has 1 aliphatic carbocycles. The highest BCUT2D eigenvalue weighted by Crippen LogP contribution is 2.29. The standard InChI is InChI=1S/C18H22N2O4S/c1-11(17(22)19-13-6-7-13)24-18(23)12-8-16(21)20(10-12)14-4-3-5-15(9-14)25-2/h3-5,9,11-13H,6-8,10H2,1-2H3,(H,19,22)/t11-,12+/m1/s1. The second-order valence-electron chi connectivity index (χ2n) is 6.47. The lowest BCUT2D eigenvalue weighted by Crippen LogP contribution is -2.38. The molecule has 0 unspecified atom stereocenters. The van der Waals surface area contributed by atoms with Crippen LogP contribution in [0.5, 0.6) is 0 Å². The van der Waals surface area contributed by atoms with E-state index in [-0.39, 0.29) is 30.8 Å². The Hall–Kier alpha value is -2.02. The molecule has 1 N–H and O–H groups in total. The summed E-state index contributed by atoms with van der Waals surface area (Å²) in [6.07, 6.45) is 3.21. The summed E-state index contributed by atoms with van der Waals surface area (Å²) < 4.78 is 5.27. The number of carbonyl (C=O) groups excluding carboxylic acids is 3. The van der Waals surface area contributed by atoms with Gasteiger partial charge in [0.25, 0.3) is 5.91 Å². The highest BCUT2D eigenvalue weighted by molar-refractivity contribution is 7.98. The molecular formula is C18H22N2O4S. The van der Waals surface area contributed by atoms with Crippen molar-refractivity contribution in [2.24, 2.45) is 5.92 Å². The molecule has 1 saturated heterocycles. The zero-order valence-electron chi connectivity index (χ0n) is 14.4. The lowest BCUT2D eigenvalue weighted by Gasteiger charge is -2.18. The summed E-state index contributed by atoms with van der Waals surface area (Å²) in [4.78, 5) is 39.2. The molecule has 1 saturated carbocycles. The second-order valence-corrected chi connectivity index (χ2v) is 7.35. The number of nitrogens with one attached hydrogen (secondary N) is 1. The molecule has 2 atom stereocenters. The lowest BCUT2D eigenvalue weighted by molar-refractivity contribution is -0.158. The van der Waals surface area contributed by atoms with E-state index in [9.17, 15) is 14.4 Å². The number of carbonyl (C=O) groups is 3. The van der Waals surface area contributed by atoms with Crippen molar-refractivity contribution in [1.82, 2.24) is 5.32 Å². The molecule has 0 aromatic heterocycles. The third kappa shape index (κ3) is 4.34. The minimum absolute atomic E-state index is 0.102. The number of thioether (sulfide) groups is 1. The molecule has 0 bridgehead atoms. The average molecular weight is 362 g/mol. The lowest BCUT2D eigenvalue weighted by atomic mass is 10.1. The van der Waals surface area contributed by atoms with Crippen LogP contribution in [0.2, 0.25) is 0 Å². The van der Waals surface area contributed by atoms with E-state index in [4.69, 9.17) is 4.74 Å². The number of hydrogen-bond donors (Lipinski definition) is 1. The molecule has 7 heteroatoms. The summed E-state index contributed by atoms with van der Waals surface area (Å²) in [6, 6.07) is 7.88. The van der Waals surface area contributed by atoms with Gasteiger partial charge in [0.2, 0.25) is 5.91 Å². The van der Waals surface area contributed by atoms with Gasteiger partial charge < -0.3 is 15.0 Å². The van der Waals surface area contributed by atoms with Crippen molar-refractivity contribution >= 4 is 35.2 Å². The third-order valence-corrected chi connectivity index (χ3v) is 5.13. The topological polar surface area (TPSA) is 75.7 Å². The van der Waals surface area contributed by atoms with Crippen molar-refractivity contribution in [2.45, 2.75) is 43.2 Å². The maximum Gasteiger partial charge on any atom is 0.312 e. The predicted octanol–water partition coefficient (Wildman–Crippen LogP) is 1.97. The Kier molecular flexibility index (Phi) is 5.32. The quantitative estimate of drug-likeness (QED) is 0.619. The number of ether oxygens (including phenoxy) is 1. The number of anilines is 1. The SMILES string of the molecule is CSc1cccc(N2C[C@@H](C(=O)O[C@H](C)C(=O)NC3CC3)CC2=O)c1. The van der Waals surface area contributed by atoms with Crippen LogP contribution in [0, 0.1) is 5.92 Å². The van der Waals surface area contributed by atoms with Gasteiger partial charge in [-0.15, -0.1) is 11.8 Å². The summed E-state index contributed by atoms with van der Waals surface area (Å²) in [7, 11) is 0. The summed E-state index contributed by atoms with van der Waals surface area (Å²) in [6.45, 7) is 1.85. The summed E-state index contributed by atoms with van der Waals surface area (Å²) >= 11 is 1.60. The molecule has 1 aromatic carbocycles. The van der Waals surface area contributed by atoms with Gasteiger partial charge in [0.15, 0.2) is 6.10 Å². The van der Waals surface area contributed by atoms with E-state index >= 15 is 0 Å². The van der Waals surface area contributed by atoms with E-state index in [1.54, 1.807) is 23.6 Å². The predicted molar refractivity (Wildman–Crippen MR) is 95.4 cm³/mol. The molecule has 2 fully saturated rings. The normalized spacial score (nSPS) is 21.1. The van der Waals surface area contributed by atoms with E-state index in [0.29, 0.717) is 0 Å². The van der Waals surface area contributed by atoms with Crippen LogP contribution in [-0.4, -0.2) is 42.7 Å². The number of hydrogen-bond acceptors (Lipinski definition) is 5. The summed E-state index contributed by atoms with van der Waals surface area (Å²) in [5.74, 6) is -1.41. The first kappa shape index (κ1) is 17.8. The molecule has 2 amide bonds. The molecular weight excluding hydrogens is 340 g/mol. The van der Waals surface area contributed by atoms with Crippen LogP contribution < -0.4 is 10.2 Å². The van der Waals surface area contributed by atoms with Gasteiger partial charge in [-0.3, -0.25) is 14.4 Å². The number of esters is 1. The van der Waals surface area contributed by atoms with Crippen molar-refractivity contribution in [3.8, 4) is 0 Å². The molecule has 25 heavy (non-hydrogen) atoms. The molecule has 1 aliphatic heterocycles. The van der Waals surface area contributed by atoms with E-state index in [2.05, 4.69) is 5.32 Å². The number of nitrogens with zero attached hydrogens (tertiary/aromatic N) is 1. The fourth-order valence-electron chi connectivity index (χ4n) is 2.76. The fourth-order valence-corrected chi connectivity index (χ4v) is 3.22. The van der Waals surface area contributed by atoms with E-state index < -0.39 is 18.0 Å². The average Bonchev–Trinajstić information content (AvgIpc) is 3.33. The first-order chi connectivity index (χ1) is 12.0. The molecule has 6 nitrogen and oxygen atoms in total. The molecule has 0 spiro atoms. The molecule has 3 rings (SSSR count). The van der Waals surface area contributed by atoms with Crippen LogP contribution in [0.1, 0.15) is 26.2 Å². The summed E-state index contributed by atoms with van der Waals surface area (Å²) in [5.41, 5.74) is 0.784. The van der Waals surface area contributed by atoms with Gasteiger partial charge in [0.05, 0.1) is 5.92 Å². The smallest absolute Gasteiger partial charge is 0.312 e. The van der Waals surface area contributed by atoms with Gasteiger partial charge in [-0.1, -0.05) is 6.07 Å². The van der Waals surface area contributed by atoms with E-state index in [1.165, 1.54) is 0 Å². The Morgan fingerprint density at radius 1 is 1.36 bits per heavy atom. The van der Waals surface area contributed by atoms with Gasteiger partial charge in [0, 0.05) is 29.6 Å². The Bertz CT molecular complexity index is 689. The highest BCUT2D eigenvalue weighted by Gasteiger charge is 2.37. The van der Waals surface area contributed by atoms with Crippen molar-refractivity contribution in [3.63, 3.8) is 0 Å². The van der Waals surface area contributed by atoms with Crippen molar-refractivity contribution in [3.05, 3.63) is 24.3 Å². The maximum absolute atomic E-state index is 12.3. The van der Waals surface area contributed by atoms with Crippen molar-refractivity contribution in [1.29, 1.82) is 0 Å². The van der Waals surface area contributed by atoms with Gasteiger partial charge >= 0.3 is 5.97 Å². The maximum atomic E-state index is 12.3. The highest BCUT2D eigenvalue weighted by atomic mass is 32.2. The first-order valence-corrected chi connectivity index (χ1v) is 9.65. The van der Waals surface area contributed by atoms with Crippen LogP contribution in [0.25, 0.3) is 0 Å². The number of benzene rings is 1. The molecule has 1 aromatic rings. The van der Waals surface area contributed by atoms with Crippen molar-refractivity contribution in [2.75, 3.05) is 17.7 Å². The van der Waals surface area contributed by atoms with Gasteiger partial charge in [-0.05, 0) is 44.2 Å². The van der Waals surface area contributed by atoms with Crippen LogP contribution in [0.4, 0.5) is 5.69 Å². The van der Waals surface area contributed by atoms with Gasteiger partial charge in [-0.25, -0.2) is 0 Å². The monoisotopic (exact) mass is 362 g/mol. The minimum atomic E-state index is -0.836. The minimum Gasteiger partial charge on any atom is -0.452 e. The number of rotatable bonds is 6. The molecule has 0 radical (unpaired) electrons. The molecule has 134 valence electrons. The molecule has 2 aliphatic rings. The Labute approximate surface area is 151 Å². The zero-order valence-corrected chi connectivity index (χ0v) is 15.2. The van der Waals surface area contributed by atoms with Crippen LogP contribution in [0.3, 0.4) is 0 Å². The Morgan fingerprint density at radius 3 is 2.80 bits per heavy atom. The van der Waals surface area contributed by atoms with E-state index in [1.807, 2.05) is 30.5 Å². The number of amides is 2. The fraction of sp³-hybridized carbons (Fsp3) is 0.500. The first-order valence-electron chi connectivity index (χ1n) is 8.43. The zero-order chi connectivity index (χ0) is 18.0. The largest absolute Gasteiger partial charge is 0.452 e. The third-order valence-electron chi connectivity index (χ3n) is 4.41. The van der Waals surface area contributed by atoms with Gasteiger partial charge in [-0.2, -0.15) is 0 Å².